The van der Waals surface area contributed by atoms with E-state index in [0.717, 1.165) is 28.7 Å². The van der Waals surface area contributed by atoms with Crippen LogP contribution < -0.4 is 5.32 Å². The molecule has 0 spiro atoms. The number of hydrogen-bond acceptors (Lipinski definition) is 3. The molecule has 5 heteroatoms. The van der Waals surface area contributed by atoms with Crippen LogP contribution in [0.2, 0.25) is 4.34 Å². The highest BCUT2D eigenvalue weighted by atomic mass is 35.5. The van der Waals surface area contributed by atoms with Gasteiger partial charge in [0.2, 0.25) is 5.91 Å². The van der Waals surface area contributed by atoms with Crippen LogP contribution in [0.4, 0.5) is 0 Å². The molecule has 1 aromatic heterocycles. The molecule has 0 saturated carbocycles. The maximum absolute atomic E-state index is 13.1. The Kier molecular flexibility index (Phi) is 5.47. The number of carbonyl (C=O) groups is 1. The van der Waals surface area contributed by atoms with Gasteiger partial charge in [0.1, 0.15) is 0 Å². The Morgan fingerprint density at radius 2 is 2.38 bits per heavy atom. The number of rotatable bonds is 6. The maximum Gasteiger partial charge on any atom is 0.230 e. The van der Waals surface area contributed by atoms with Gasteiger partial charge in [-0.1, -0.05) is 31.5 Å². The predicted molar refractivity (Wildman–Crippen MR) is 89.7 cm³/mol. The van der Waals surface area contributed by atoms with E-state index in [1.165, 1.54) is 11.3 Å². The summed E-state index contributed by atoms with van der Waals surface area (Å²) in [5, 5.41) is 3.35. The Hall–Kier alpha value is -0.840. The van der Waals surface area contributed by atoms with Gasteiger partial charge in [0.05, 0.1) is 16.3 Å². The molecule has 1 fully saturated rings. The molecule has 1 amide bonds. The number of halogens is 1. The van der Waals surface area contributed by atoms with Gasteiger partial charge in [0, 0.05) is 18.0 Å². The van der Waals surface area contributed by atoms with E-state index in [1.54, 1.807) is 6.08 Å². The van der Waals surface area contributed by atoms with Crippen LogP contribution >= 0.6 is 22.9 Å². The molecule has 0 aromatic carbocycles. The average Bonchev–Trinajstić information content (AvgIpc) is 3.07. The lowest BCUT2D eigenvalue weighted by atomic mass is 9.75. The van der Waals surface area contributed by atoms with Crippen molar-refractivity contribution in [3.63, 3.8) is 0 Å². The average molecular weight is 327 g/mol. The van der Waals surface area contributed by atoms with E-state index in [-0.39, 0.29) is 11.3 Å². The first-order chi connectivity index (χ1) is 9.99. The molecular formula is C16H23ClN2OS. The highest BCUT2D eigenvalue weighted by Gasteiger charge is 2.45. The zero-order valence-electron chi connectivity index (χ0n) is 12.7. The Labute approximate surface area is 136 Å². The van der Waals surface area contributed by atoms with Crippen LogP contribution in [-0.4, -0.2) is 30.4 Å². The molecule has 1 atom stereocenters. The molecule has 3 nitrogen and oxygen atoms in total. The predicted octanol–water partition coefficient (Wildman–Crippen LogP) is 3.55. The molecule has 1 saturated heterocycles. The fraction of sp³-hybridized carbons (Fsp3) is 0.562. The molecule has 1 unspecified atom stereocenters. The minimum Gasteiger partial charge on any atom is -0.333 e. The zero-order chi connectivity index (χ0) is 15.5. The van der Waals surface area contributed by atoms with Crippen LogP contribution in [0.25, 0.3) is 0 Å². The molecule has 1 aliphatic rings. The van der Waals surface area contributed by atoms with Crippen molar-refractivity contribution in [3.8, 4) is 0 Å². The van der Waals surface area contributed by atoms with Gasteiger partial charge in [-0.3, -0.25) is 4.79 Å². The summed E-state index contributed by atoms with van der Waals surface area (Å²) in [6.07, 6.45) is 2.70. The lowest BCUT2D eigenvalue weighted by molar-refractivity contribution is -0.143. The summed E-state index contributed by atoms with van der Waals surface area (Å²) in [7, 11) is 0. The summed E-state index contributed by atoms with van der Waals surface area (Å²) in [4.78, 5) is 16.1. The van der Waals surface area contributed by atoms with Gasteiger partial charge >= 0.3 is 0 Å². The van der Waals surface area contributed by atoms with Crippen molar-refractivity contribution in [2.75, 3.05) is 19.6 Å². The number of carbonyl (C=O) groups excluding carboxylic acids is 1. The molecule has 0 radical (unpaired) electrons. The van der Waals surface area contributed by atoms with Crippen LogP contribution in [0.15, 0.2) is 24.8 Å². The standard InChI is InChI=1S/C16H23ClN2OS/c1-4-9-19(10-13-5-6-14(17)21-13)15(20)16(12(2)3)7-8-18-11-16/h4-6,12,18H,1,7-11H2,2-3H3. The highest BCUT2D eigenvalue weighted by Crippen LogP contribution is 2.37. The highest BCUT2D eigenvalue weighted by molar-refractivity contribution is 7.16. The van der Waals surface area contributed by atoms with Crippen LogP contribution in [0, 0.1) is 11.3 Å². The second-order valence-corrected chi connectivity index (χ2v) is 7.72. The van der Waals surface area contributed by atoms with Crippen molar-refractivity contribution in [2.24, 2.45) is 11.3 Å². The summed E-state index contributed by atoms with van der Waals surface area (Å²) in [6, 6.07) is 3.87. The molecule has 1 N–H and O–H groups in total. The molecular weight excluding hydrogens is 304 g/mol. The minimum atomic E-state index is -0.288. The summed E-state index contributed by atoms with van der Waals surface area (Å²) in [5.41, 5.74) is -0.288. The van der Waals surface area contributed by atoms with Gasteiger partial charge in [-0.15, -0.1) is 17.9 Å². The lowest BCUT2D eigenvalue weighted by Gasteiger charge is -2.36. The third-order valence-corrected chi connectivity index (χ3v) is 5.55. The van der Waals surface area contributed by atoms with Crippen molar-refractivity contribution in [1.82, 2.24) is 10.2 Å². The molecule has 2 rings (SSSR count). The fourth-order valence-corrected chi connectivity index (χ4v) is 4.05. The molecule has 0 bridgehead atoms. The monoisotopic (exact) mass is 326 g/mol. The third kappa shape index (κ3) is 3.50. The van der Waals surface area contributed by atoms with Crippen molar-refractivity contribution in [1.29, 1.82) is 0 Å². The topological polar surface area (TPSA) is 32.3 Å². The zero-order valence-corrected chi connectivity index (χ0v) is 14.3. The van der Waals surface area contributed by atoms with E-state index in [1.807, 2.05) is 17.0 Å². The van der Waals surface area contributed by atoms with Crippen LogP contribution in [0.5, 0.6) is 0 Å². The second kappa shape index (κ2) is 6.95. The quantitative estimate of drug-likeness (QED) is 0.811. The molecule has 1 aliphatic heterocycles. The Bertz CT molecular complexity index is 506. The van der Waals surface area contributed by atoms with E-state index in [4.69, 9.17) is 11.6 Å². The third-order valence-electron chi connectivity index (χ3n) is 4.33. The Morgan fingerprint density at radius 1 is 1.62 bits per heavy atom. The largest absolute Gasteiger partial charge is 0.333 e. The Balaban J connectivity index is 2.20. The van der Waals surface area contributed by atoms with Crippen LogP contribution in [-0.2, 0) is 11.3 Å². The summed E-state index contributed by atoms with van der Waals surface area (Å²) < 4.78 is 0.761. The molecule has 116 valence electrons. The smallest absolute Gasteiger partial charge is 0.230 e. The van der Waals surface area contributed by atoms with Crippen molar-refractivity contribution in [3.05, 3.63) is 34.0 Å². The van der Waals surface area contributed by atoms with Gasteiger partial charge in [-0.05, 0) is 31.0 Å². The van der Waals surface area contributed by atoms with Crippen LogP contribution in [0.3, 0.4) is 0 Å². The van der Waals surface area contributed by atoms with E-state index in [9.17, 15) is 4.79 Å². The van der Waals surface area contributed by atoms with Crippen molar-refractivity contribution >= 4 is 28.8 Å². The first-order valence-corrected chi connectivity index (χ1v) is 8.54. The van der Waals surface area contributed by atoms with Gasteiger partial charge in [0.15, 0.2) is 0 Å². The number of nitrogens with one attached hydrogen (secondary N) is 1. The molecule has 0 aliphatic carbocycles. The summed E-state index contributed by atoms with van der Waals surface area (Å²) >= 11 is 7.52. The van der Waals surface area contributed by atoms with Gasteiger partial charge < -0.3 is 10.2 Å². The number of nitrogens with zero attached hydrogens (tertiary/aromatic N) is 1. The van der Waals surface area contributed by atoms with Crippen molar-refractivity contribution < 1.29 is 4.79 Å². The number of amides is 1. The van der Waals surface area contributed by atoms with Crippen LogP contribution in [0.1, 0.15) is 25.1 Å². The van der Waals surface area contributed by atoms with E-state index in [0.29, 0.717) is 19.0 Å². The first kappa shape index (κ1) is 16.5. The lowest BCUT2D eigenvalue weighted by Crippen LogP contribution is -2.48. The van der Waals surface area contributed by atoms with Crippen molar-refractivity contribution in [2.45, 2.75) is 26.8 Å². The normalized spacial score (nSPS) is 21.7. The molecule has 2 heterocycles. The second-order valence-electron chi connectivity index (χ2n) is 5.92. The Morgan fingerprint density at radius 3 is 2.86 bits per heavy atom. The van der Waals surface area contributed by atoms with Gasteiger partial charge in [-0.25, -0.2) is 0 Å². The first-order valence-electron chi connectivity index (χ1n) is 7.35. The molecule has 1 aromatic rings. The van der Waals surface area contributed by atoms with E-state index < -0.39 is 0 Å². The summed E-state index contributed by atoms with van der Waals surface area (Å²) in [5.74, 6) is 0.547. The summed E-state index contributed by atoms with van der Waals surface area (Å²) in [6.45, 7) is 10.9. The maximum atomic E-state index is 13.1. The fourth-order valence-electron chi connectivity index (χ4n) is 2.95. The molecule has 21 heavy (non-hydrogen) atoms. The van der Waals surface area contributed by atoms with Gasteiger partial charge in [0.25, 0.3) is 0 Å². The number of thiophene rings is 1. The van der Waals surface area contributed by atoms with Gasteiger partial charge in [-0.2, -0.15) is 0 Å². The minimum absolute atomic E-state index is 0.229. The van der Waals surface area contributed by atoms with E-state index >= 15 is 0 Å². The SMILES string of the molecule is C=CCN(Cc1ccc(Cl)s1)C(=O)C1(C(C)C)CCNC1. The van der Waals surface area contributed by atoms with E-state index in [2.05, 4.69) is 25.7 Å². The number of hydrogen-bond donors (Lipinski definition) is 1.